The van der Waals surface area contributed by atoms with Crippen LogP contribution < -0.4 is 10.6 Å². The van der Waals surface area contributed by atoms with Crippen LogP contribution in [0.2, 0.25) is 5.02 Å². The highest BCUT2D eigenvalue weighted by Crippen LogP contribution is 2.35. The summed E-state index contributed by atoms with van der Waals surface area (Å²) in [6, 6.07) is 14.0. The summed E-state index contributed by atoms with van der Waals surface area (Å²) in [6.07, 6.45) is -1.01. The lowest BCUT2D eigenvalue weighted by Crippen LogP contribution is -2.29. The van der Waals surface area contributed by atoms with E-state index in [0.717, 1.165) is 10.1 Å². The molecule has 0 saturated carbocycles. The van der Waals surface area contributed by atoms with Gasteiger partial charge in [0.1, 0.15) is 4.88 Å². The second-order valence-corrected chi connectivity index (χ2v) is 7.47. The summed E-state index contributed by atoms with van der Waals surface area (Å²) < 4.78 is 6.15. The minimum Gasteiger partial charge on any atom is -0.448 e. The molecule has 6 nitrogen and oxygen atoms in total. The second-order valence-electron chi connectivity index (χ2n) is 6.04. The number of thiophene rings is 1. The normalized spacial score (nSPS) is 11.7. The van der Waals surface area contributed by atoms with Gasteiger partial charge in [-0.15, -0.1) is 11.3 Å². The Morgan fingerprint density at radius 1 is 1.00 bits per heavy atom. The number of esters is 1. The lowest BCUT2D eigenvalue weighted by atomic mass is 10.2. The molecular formula is C20H17ClN2O4S. The molecule has 2 N–H and O–H groups in total. The highest BCUT2D eigenvalue weighted by Gasteiger charge is 2.23. The van der Waals surface area contributed by atoms with Gasteiger partial charge in [0.15, 0.2) is 6.10 Å². The summed E-state index contributed by atoms with van der Waals surface area (Å²) in [5.74, 6) is -1.30. The van der Waals surface area contributed by atoms with Crippen molar-refractivity contribution in [1.29, 1.82) is 0 Å². The van der Waals surface area contributed by atoms with Crippen molar-refractivity contribution in [3.63, 3.8) is 0 Å². The van der Waals surface area contributed by atoms with Gasteiger partial charge in [-0.1, -0.05) is 29.8 Å². The van der Waals surface area contributed by atoms with Gasteiger partial charge in [-0.25, -0.2) is 4.79 Å². The summed E-state index contributed by atoms with van der Waals surface area (Å²) in [4.78, 5) is 36.0. The minimum atomic E-state index is -1.01. The molecule has 0 fully saturated rings. The third-order valence-electron chi connectivity index (χ3n) is 3.85. The number of anilines is 2. The molecule has 1 heterocycles. The average Bonchev–Trinajstić information content (AvgIpc) is 3.00. The molecule has 0 unspecified atom stereocenters. The number of nitrogens with one attached hydrogen (secondary N) is 2. The molecule has 3 aromatic rings. The molecule has 1 atom stereocenters. The Bertz CT molecular complexity index is 1050. The van der Waals surface area contributed by atoms with E-state index in [0.29, 0.717) is 16.4 Å². The summed E-state index contributed by atoms with van der Waals surface area (Å²) in [5, 5.41) is 6.40. The van der Waals surface area contributed by atoms with Crippen molar-refractivity contribution >= 4 is 62.2 Å². The van der Waals surface area contributed by atoms with Crippen molar-refractivity contribution in [3.8, 4) is 0 Å². The van der Waals surface area contributed by atoms with Crippen LogP contribution in [-0.2, 0) is 14.3 Å². The van der Waals surface area contributed by atoms with Crippen LogP contribution in [0.5, 0.6) is 0 Å². The third-order valence-corrected chi connectivity index (χ3v) is 5.50. The second kappa shape index (κ2) is 8.41. The average molecular weight is 417 g/mol. The first-order valence-electron chi connectivity index (χ1n) is 8.41. The van der Waals surface area contributed by atoms with Gasteiger partial charge >= 0.3 is 5.97 Å². The number of carbonyl (C=O) groups is 3. The van der Waals surface area contributed by atoms with E-state index in [2.05, 4.69) is 10.6 Å². The van der Waals surface area contributed by atoms with Gasteiger partial charge in [0.2, 0.25) is 5.91 Å². The number of benzene rings is 2. The van der Waals surface area contributed by atoms with Crippen LogP contribution in [0.3, 0.4) is 0 Å². The Balaban J connectivity index is 1.64. The van der Waals surface area contributed by atoms with Gasteiger partial charge in [-0.05, 0) is 37.3 Å². The molecule has 1 aromatic heterocycles. The monoisotopic (exact) mass is 416 g/mol. The lowest BCUT2D eigenvalue weighted by molar-refractivity contribution is -0.123. The zero-order chi connectivity index (χ0) is 20.3. The van der Waals surface area contributed by atoms with Gasteiger partial charge in [0, 0.05) is 28.4 Å². The molecule has 3 rings (SSSR count). The number of carbonyl (C=O) groups excluding carboxylic acids is 3. The van der Waals surface area contributed by atoms with E-state index >= 15 is 0 Å². The Morgan fingerprint density at radius 2 is 1.61 bits per heavy atom. The largest absolute Gasteiger partial charge is 0.448 e. The Kier molecular flexibility index (Phi) is 5.96. The number of hydrogen-bond acceptors (Lipinski definition) is 5. The quantitative estimate of drug-likeness (QED) is 0.590. The van der Waals surface area contributed by atoms with Crippen molar-refractivity contribution in [2.24, 2.45) is 0 Å². The molecule has 2 aromatic carbocycles. The first-order valence-corrected chi connectivity index (χ1v) is 9.61. The molecule has 0 aliphatic heterocycles. The fourth-order valence-corrected chi connectivity index (χ4v) is 3.89. The van der Waals surface area contributed by atoms with Crippen LogP contribution in [0, 0.1) is 0 Å². The van der Waals surface area contributed by atoms with Gasteiger partial charge in [-0.3, -0.25) is 9.59 Å². The van der Waals surface area contributed by atoms with E-state index in [9.17, 15) is 14.4 Å². The summed E-state index contributed by atoms with van der Waals surface area (Å²) in [7, 11) is 0. The first kappa shape index (κ1) is 19.9. The highest BCUT2D eigenvalue weighted by atomic mass is 35.5. The van der Waals surface area contributed by atoms with Crippen LogP contribution in [0.1, 0.15) is 23.5 Å². The number of rotatable bonds is 5. The van der Waals surface area contributed by atoms with E-state index in [4.69, 9.17) is 16.3 Å². The maximum Gasteiger partial charge on any atom is 0.350 e. The van der Waals surface area contributed by atoms with Crippen molar-refractivity contribution in [2.75, 3.05) is 10.6 Å². The van der Waals surface area contributed by atoms with E-state index in [1.54, 1.807) is 24.3 Å². The van der Waals surface area contributed by atoms with E-state index < -0.39 is 18.0 Å². The van der Waals surface area contributed by atoms with Gasteiger partial charge in [0.25, 0.3) is 5.91 Å². The Labute approximate surface area is 170 Å². The SMILES string of the molecule is CC(=O)Nc1ccc(NC(=O)[C@H](C)OC(=O)c2sc3ccccc3c2Cl)cc1. The Morgan fingerprint density at radius 3 is 2.21 bits per heavy atom. The fourth-order valence-electron chi connectivity index (χ4n) is 2.50. The fraction of sp³-hybridized carbons (Fsp3) is 0.150. The maximum atomic E-state index is 12.4. The zero-order valence-electron chi connectivity index (χ0n) is 15.1. The van der Waals surface area contributed by atoms with Crippen LogP contribution in [-0.4, -0.2) is 23.9 Å². The van der Waals surface area contributed by atoms with Crippen LogP contribution in [0.25, 0.3) is 10.1 Å². The van der Waals surface area contributed by atoms with E-state index in [-0.39, 0.29) is 10.8 Å². The lowest BCUT2D eigenvalue weighted by Gasteiger charge is -2.13. The minimum absolute atomic E-state index is 0.183. The molecule has 0 aliphatic rings. The van der Waals surface area contributed by atoms with Crippen molar-refractivity contribution in [2.45, 2.75) is 20.0 Å². The molecule has 0 saturated heterocycles. The molecule has 8 heteroatoms. The number of halogens is 1. The van der Waals surface area contributed by atoms with Crippen molar-refractivity contribution < 1.29 is 19.1 Å². The number of amides is 2. The Hall–Kier alpha value is -2.90. The molecule has 0 aliphatic carbocycles. The third kappa shape index (κ3) is 4.49. The maximum absolute atomic E-state index is 12.4. The standard InChI is InChI=1S/C20H17ClN2O4S/c1-11(19(25)23-14-9-7-13(8-10-14)22-12(2)24)27-20(26)18-17(21)15-5-3-4-6-16(15)28-18/h3-11H,1-2H3,(H,22,24)(H,23,25)/t11-/m0/s1. The molecule has 28 heavy (non-hydrogen) atoms. The van der Waals surface area contributed by atoms with Crippen LogP contribution >= 0.6 is 22.9 Å². The smallest absolute Gasteiger partial charge is 0.350 e. The van der Waals surface area contributed by atoms with E-state index in [1.807, 2.05) is 24.3 Å². The van der Waals surface area contributed by atoms with Crippen molar-refractivity contribution in [1.82, 2.24) is 0 Å². The summed E-state index contributed by atoms with van der Waals surface area (Å²) in [6.45, 7) is 2.90. The predicted molar refractivity (Wildman–Crippen MR) is 111 cm³/mol. The van der Waals surface area contributed by atoms with Gasteiger partial charge in [-0.2, -0.15) is 0 Å². The molecule has 144 valence electrons. The number of hydrogen-bond donors (Lipinski definition) is 2. The van der Waals surface area contributed by atoms with Gasteiger partial charge in [0.05, 0.1) is 5.02 Å². The summed E-state index contributed by atoms with van der Waals surface area (Å²) in [5.41, 5.74) is 1.13. The predicted octanol–water partition coefficient (Wildman–Crippen LogP) is 4.70. The molecule has 0 radical (unpaired) electrons. The van der Waals surface area contributed by atoms with Crippen molar-refractivity contribution in [3.05, 3.63) is 58.4 Å². The molecule has 2 amide bonds. The van der Waals surface area contributed by atoms with E-state index in [1.165, 1.54) is 25.2 Å². The van der Waals surface area contributed by atoms with Crippen LogP contribution in [0.15, 0.2) is 48.5 Å². The number of ether oxygens (including phenoxy) is 1. The zero-order valence-corrected chi connectivity index (χ0v) is 16.7. The topological polar surface area (TPSA) is 84.5 Å². The highest BCUT2D eigenvalue weighted by molar-refractivity contribution is 7.21. The summed E-state index contributed by atoms with van der Waals surface area (Å²) >= 11 is 7.50. The van der Waals surface area contributed by atoms with Gasteiger partial charge < -0.3 is 15.4 Å². The molecular weight excluding hydrogens is 400 g/mol. The first-order chi connectivity index (χ1) is 13.3. The number of fused-ring (bicyclic) bond motifs is 1. The molecule has 0 bridgehead atoms. The van der Waals surface area contributed by atoms with Crippen LogP contribution in [0.4, 0.5) is 11.4 Å². The molecule has 0 spiro atoms.